The first-order valence-corrected chi connectivity index (χ1v) is 10.9. The number of hydrogen-bond donors (Lipinski definition) is 1. The summed E-state index contributed by atoms with van der Waals surface area (Å²) in [4.78, 5) is 24.1. The molecule has 4 nitrogen and oxygen atoms in total. The molecule has 6 heteroatoms. The van der Waals surface area contributed by atoms with Gasteiger partial charge in [-0.1, -0.05) is 50.7 Å². The number of nitrogens with zero attached hydrogens (tertiary/aromatic N) is 2. The molecule has 0 fully saturated rings. The number of benzene rings is 1. The maximum absolute atomic E-state index is 13.0. The number of hydrogen-bond acceptors (Lipinski definition) is 5. The van der Waals surface area contributed by atoms with E-state index in [2.05, 4.69) is 49.0 Å². The molecule has 1 N–H and O–H groups in total. The highest BCUT2D eigenvalue weighted by atomic mass is 32.2. The molecule has 1 unspecified atom stereocenters. The summed E-state index contributed by atoms with van der Waals surface area (Å²) in [6.07, 6.45) is 2.33. The molecule has 1 atom stereocenters. The molecule has 2 aromatic heterocycles. The van der Waals surface area contributed by atoms with Crippen molar-refractivity contribution in [2.24, 2.45) is 0 Å². The molecule has 0 saturated carbocycles. The Kier molecular flexibility index (Phi) is 6.17. The number of amides is 1. The molecule has 27 heavy (non-hydrogen) atoms. The van der Waals surface area contributed by atoms with Crippen molar-refractivity contribution in [3.8, 4) is 0 Å². The lowest BCUT2D eigenvalue weighted by Gasteiger charge is -2.18. The molecule has 3 rings (SSSR count). The van der Waals surface area contributed by atoms with Gasteiger partial charge in [0.15, 0.2) is 0 Å². The molecular formula is C21H25N3OS2. The van der Waals surface area contributed by atoms with Crippen molar-refractivity contribution in [3.05, 3.63) is 46.6 Å². The zero-order valence-electron chi connectivity index (χ0n) is 16.4. The minimum absolute atomic E-state index is 0.0203. The summed E-state index contributed by atoms with van der Waals surface area (Å²) < 4.78 is 0. The Hall–Kier alpha value is -1.92. The van der Waals surface area contributed by atoms with Crippen LogP contribution in [0.1, 0.15) is 49.1 Å². The van der Waals surface area contributed by atoms with Gasteiger partial charge in [-0.25, -0.2) is 9.97 Å². The van der Waals surface area contributed by atoms with Crippen molar-refractivity contribution in [1.29, 1.82) is 0 Å². The minimum atomic E-state index is -0.206. The number of thioether (sulfide) groups is 1. The monoisotopic (exact) mass is 399 g/mol. The van der Waals surface area contributed by atoms with E-state index in [1.165, 1.54) is 22.2 Å². The first kappa shape index (κ1) is 19.8. The van der Waals surface area contributed by atoms with Gasteiger partial charge < -0.3 is 5.32 Å². The van der Waals surface area contributed by atoms with Crippen molar-refractivity contribution in [2.75, 3.05) is 5.32 Å². The minimum Gasteiger partial charge on any atom is -0.325 e. The molecule has 1 amide bonds. The quantitative estimate of drug-likeness (QED) is 0.411. The lowest BCUT2D eigenvalue weighted by Crippen LogP contribution is -2.25. The summed E-state index contributed by atoms with van der Waals surface area (Å²) in [5.41, 5.74) is 3.25. The fraction of sp³-hybridized carbons (Fsp3) is 0.381. The maximum atomic E-state index is 13.0. The zero-order chi connectivity index (χ0) is 19.6. The van der Waals surface area contributed by atoms with Crippen LogP contribution in [0.25, 0.3) is 10.2 Å². The molecule has 3 aromatic rings. The van der Waals surface area contributed by atoms with Gasteiger partial charge in [-0.15, -0.1) is 11.3 Å². The number of aryl methyl sites for hydroxylation is 2. The van der Waals surface area contributed by atoms with Crippen LogP contribution in [0.2, 0.25) is 0 Å². The second kappa shape index (κ2) is 8.40. The van der Waals surface area contributed by atoms with Crippen LogP contribution < -0.4 is 5.32 Å². The van der Waals surface area contributed by atoms with E-state index < -0.39 is 0 Å². The number of thiophene rings is 1. The standard InChI is InChI=1S/C21H25N3OS2/c1-6-17(19(25)24-16-10-8-7-9-15(16)12(2)3)27-21-18-13(4)14(5)26-20(18)22-11-23-21/h7-12,17H,6H2,1-5H3,(H,24,25). The van der Waals surface area contributed by atoms with E-state index in [1.807, 2.05) is 25.1 Å². The first-order chi connectivity index (χ1) is 12.9. The Labute approximate surface area is 168 Å². The molecule has 2 heterocycles. The van der Waals surface area contributed by atoms with E-state index in [-0.39, 0.29) is 11.2 Å². The Morgan fingerprint density at radius 3 is 2.67 bits per heavy atom. The predicted octanol–water partition coefficient (Wildman–Crippen LogP) is 5.94. The summed E-state index contributed by atoms with van der Waals surface area (Å²) in [7, 11) is 0. The lowest BCUT2D eigenvalue weighted by atomic mass is 10.0. The highest BCUT2D eigenvalue weighted by Crippen LogP contribution is 2.37. The average molecular weight is 400 g/mol. The van der Waals surface area contributed by atoms with E-state index in [1.54, 1.807) is 17.7 Å². The molecule has 0 bridgehead atoms. The van der Waals surface area contributed by atoms with E-state index in [4.69, 9.17) is 0 Å². The third kappa shape index (κ3) is 4.17. The SMILES string of the molecule is CCC(Sc1ncnc2sc(C)c(C)c12)C(=O)Nc1ccccc1C(C)C. The maximum Gasteiger partial charge on any atom is 0.237 e. The largest absolute Gasteiger partial charge is 0.325 e. The number of para-hydroxylation sites is 1. The molecule has 0 saturated heterocycles. The highest BCUT2D eigenvalue weighted by Gasteiger charge is 2.22. The molecule has 0 aliphatic carbocycles. The number of carbonyl (C=O) groups excluding carboxylic acids is 1. The number of rotatable bonds is 6. The number of nitrogens with one attached hydrogen (secondary N) is 1. The summed E-state index contributed by atoms with van der Waals surface area (Å²) in [5.74, 6) is 0.374. The van der Waals surface area contributed by atoms with Gasteiger partial charge in [0, 0.05) is 16.0 Å². The number of aromatic nitrogens is 2. The van der Waals surface area contributed by atoms with Crippen molar-refractivity contribution < 1.29 is 4.79 Å². The Balaban J connectivity index is 1.85. The Bertz CT molecular complexity index is 965. The van der Waals surface area contributed by atoms with E-state index in [9.17, 15) is 4.79 Å². The van der Waals surface area contributed by atoms with Crippen LogP contribution in [0.5, 0.6) is 0 Å². The van der Waals surface area contributed by atoms with Gasteiger partial charge in [0.1, 0.15) is 16.2 Å². The van der Waals surface area contributed by atoms with Gasteiger partial charge in [0.2, 0.25) is 5.91 Å². The van der Waals surface area contributed by atoms with Crippen LogP contribution in [0.4, 0.5) is 5.69 Å². The van der Waals surface area contributed by atoms with Gasteiger partial charge in [0.25, 0.3) is 0 Å². The summed E-state index contributed by atoms with van der Waals surface area (Å²) in [6, 6.07) is 8.01. The first-order valence-electron chi connectivity index (χ1n) is 9.19. The number of carbonyl (C=O) groups is 1. The third-order valence-electron chi connectivity index (χ3n) is 4.69. The van der Waals surface area contributed by atoms with Crippen molar-refractivity contribution in [3.63, 3.8) is 0 Å². The van der Waals surface area contributed by atoms with Gasteiger partial charge in [-0.05, 0) is 43.4 Å². The van der Waals surface area contributed by atoms with Crippen molar-refractivity contribution in [2.45, 2.75) is 57.2 Å². The molecule has 0 spiro atoms. The fourth-order valence-corrected chi connectivity index (χ4v) is 5.16. The lowest BCUT2D eigenvalue weighted by molar-refractivity contribution is -0.115. The molecular weight excluding hydrogens is 374 g/mol. The van der Waals surface area contributed by atoms with Crippen molar-refractivity contribution in [1.82, 2.24) is 9.97 Å². The molecule has 1 aromatic carbocycles. The fourth-order valence-electron chi connectivity index (χ4n) is 3.02. The molecule has 142 valence electrons. The smallest absolute Gasteiger partial charge is 0.237 e. The van der Waals surface area contributed by atoms with Crippen LogP contribution in [0, 0.1) is 13.8 Å². The Morgan fingerprint density at radius 2 is 1.96 bits per heavy atom. The van der Waals surface area contributed by atoms with Crippen LogP contribution >= 0.6 is 23.1 Å². The summed E-state index contributed by atoms with van der Waals surface area (Å²) in [6.45, 7) is 10.5. The van der Waals surface area contributed by atoms with Crippen LogP contribution in [-0.2, 0) is 4.79 Å². The summed E-state index contributed by atoms with van der Waals surface area (Å²) >= 11 is 3.21. The van der Waals surface area contributed by atoms with E-state index >= 15 is 0 Å². The number of anilines is 1. The average Bonchev–Trinajstić information content (AvgIpc) is 2.94. The van der Waals surface area contributed by atoms with Crippen molar-refractivity contribution >= 4 is 44.9 Å². The highest BCUT2D eigenvalue weighted by molar-refractivity contribution is 8.00. The van der Waals surface area contributed by atoms with Crippen LogP contribution in [0.15, 0.2) is 35.6 Å². The number of fused-ring (bicyclic) bond motifs is 1. The van der Waals surface area contributed by atoms with Gasteiger partial charge in [-0.2, -0.15) is 0 Å². The summed E-state index contributed by atoms with van der Waals surface area (Å²) in [5, 5.41) is 4.90. The predicted molar refractivity (Wildman–Crippen MR) is 116 cm³/mol. The van der Waals surface area contributed by atoms with Gasteiger partial charge in [0.05, 0.1) is 5.25 Å². The zero-order valence-corrected chi connectivity index (χ0v) is 18.0. The third-order valence-corrected chi connectivity index (χ3v) is 7.17. The molecule has 0 aliphatic heterocycles. The van der Waals surface area contributed by atoms with Gasteiger partial charge >= 0.3 is 0 Å². The Morgan fingerprint density at radius 1 is 1.22 bits per heavy atom. The molecule has 0 aliphatic rings. The normalized spacial score (nSPS) is 12.5. The van der Waals surface area contributed by atoms with E-state index in [0.717, 1.165) is 32.9 Å². The van der Waals surface area contributed by atoms with Gasteiger partial charge in [-0.3, -0.25) is 4.79 Å². The van der Waals surface area contributed by atoms with Crippen LogP contribution in [-0.4, -0.2) is 21.1 Å². The second-order valence-corrected chi connectivity index (χ2v) is 9.28. The second-order valence-electron chi connectivity index (χ2n) is 6.89. The topological polar surface area (TPSA) is 54.9 Å². The van der Waals surface area contributed by atoms with Crippen LogP contribution in [0.3, 0.4) is 0 Å². The molecule has 0 radical (unpaired) electrons. The van der Waals surface area contributed by atoms with E-state index in [0.29, 0.717) is 5.92 Å².